The minimum Gasteiger partial charge on any atom is -0.135 e. The number of rotatable bonds is 2. The Morgan fingerprint density at radius 2 is 0.919 bits per heavy atom. The van der Waals surface area contributed by atoms with Crippen LogP contribution in [0.15, 0.2) is 133 Å². The van der Waals surface area contributed by atoms with Gasteiger partial charge in [0, 0.05) is 20.2 Å². The lowest BCUT2D eigenvalue weighted by molar-refractivity contribution is 1.67. The van der Waals surface area contributed by atoms with Crippen LogP contribution in [0.3, 0.4) is 0 Å². The van der Waals surface area contributed by atoms with E-state index in [9.17, 15) is 0 Å². The van der Waals surface area contributed by atoms with Crippen molar-refractivity contribution < 1.29 is 0 Å². The maximum atomic E-state index is 2.43. The molecule has 8 aromatic rings. The van der Waals surface area contributed by atoms with Gasteiger partial charge in [0.2, 0.25) is 0 Å². The van der Waals surface area contributed by atoms with Gasteiger partial charge in [0.25, 0.3) is 0 Å². The molecule has 37 heavy (non-hydrogen) atoms. The maximum absolute atomic E-state index is 2.43. The molecule has 0 spiro atoms. The zero-order valence-corrected chi connectivity index (χ0v) is 20.9. The van der Waals surface area contributed by atoms with Crippen molar-refractivity contribution in [2.75, 3.05) is 0 Å². The predicted molar refractivity (Wildman–Crippen MR) is 163 cm³/mol. The highest BCUT2D eigenvalue weighted by Gasteiger charge is 2.17. The van der Waals surface area contributed by atoms with Crippen molar-refractivity contribution >= 4 is 63.8 Å². The van der Waals surface area contributed by atoms with Crippen molar-refractivity contribution in [1.29, 1.82) is 0 Å². The lowest BCUT2D eigenvalue weighted by Gasteiger charge is -2.16. The normalized spacial score (nSPS) is 11.8. The van der Waals surface area contributed by atoms with Crippen LogP contribution in [0, 0.1) is 0 Å². The van der Waals surface area contributed by atoms with Crippen LogP contribution in [0.2, 0.25) is 0 Å². The van der Waals surface area contributed by atoms with Crippen molar-refractivity contribution in [2.45, 2.75) is 0 Å². The van der Waals surface area contributed by atoms with Gasteiger partial charge in [-0.25, -0.2) is 0 Å². The third-order valence-electron chi connectivity index (χ3n) is 7.64. The number of hydrogen-bond donors (Lipinski definition) is 0. The summed E-state index contributed by atoms with van der Waals surface area (Å²) < 4.78 is 2.68. The van der Waals surface area contributed by atoms with Crippen LogP contribution in [-0.2, 0) is 0 Å². The molecule has 172 valence electrons. The topological polar surface area (TPSA) is 0 Å². The second kappa shape index (κ2) is 8.03. The van der Waals surface area contributed by atoms with Crippen LogP contribution in [0.5, 0.6) is 0 Å². The van der Waals surface area contributed by atoms with Gasteiger partial charge >= 0.3 is 0 Å². The van der Waals surface area contributed by atoms with Crippen molar-refractivity contribution in [3.63, 3.8) is 0 Å². The zero-order chi connectivity index (χ0) is 24.3. The quantitative estimate of drug-likeness (QED) is 0.213. The van der Waals surface area contributed by atoms with Gasteiger partial charge in [-0.15, -0.1) is 11.3 Å². The van der Waals surface area contributed by atoms with Crippen LogP contribution >= 0.6 is 11.3 Å². The van der Waals surface area contributed by atoms with Gasteiger partial charge < -0.3 is 0 Å². The molecule has 0 amide bonds. The third-order valence-corrected chi connectivity index (χ3v) is 8.78. The van der Waals surface area contributed by atoms with E-state index in [1.54, 1.807) is 0 Å². The van der Waals surface area contributed by atoms with Crippen molar-refractivity contribution in [1.82, 2.24) is 0 Å². The molecule has 0 bridgehead atoms. The van der Waals surface area contributed by atoms with Crippen LogP contribution in [0.25, 0.3) is 74.7 Å². The van der Waals surface area contributed by atoms with Gasteiger partial charge in [-0.2, -0.15) is 0 Å². The Kier molecular flexibility index (Phi) is 4.49. The molecule has 1 heteroatoms. The largest absolute Gasteiger partial charge is 0.135 e. The first-order chi connectivity index (χ1) is 18.4. The summed E-state index contributed by atoms with van der Waals surface area (Å²) in [5.74, 6) is 0. The van der Waals surface area contributed by atoms with E-state index in [0.29, 0.717) is 0 Å². The second-order valence-electron chi connectivity index (χ2n) is 9.68. The van der Waals surface area contributed by atoms with E-state index in [2.05, 4.69) is 133 Å². The molecular weight excluding hydrogens is 464 g/mol. The summed E-state index contributed by atoms with van der Waals surface area (Å²) >= 11 is 1.88. The van der Waals surface area contributed by atoms with E-state index in [-0.39, 0.29) is 0 Å². The van der Waals surface area contributed by atoms with Crippen molar-refractivity contribution in [3.05, 3.63) is 133 Å². The fraction of sp³-hybridized carbons (Fsp3) is 0. The van der Waals surface area contributed by atoms with E-state index in [4.69, 9.17) is 0 Å². The van der Waals surface area contributed by atoms with Crippen molar-refractivity contribution in [3.8, 4) is 22.3 Å². The number of benzene rings is 7. The summed E-state index contributed by atoms with van der Waals surface area (Å²) in [5.41, 5.74) is 5.14. The molecule has 1 heterocycles. The molecule has 0 nitrogen and oxygen atoms in total. The lowest BCUT2D eigenvalue weighted by atomic mass is 9.87. The minimum atomic E-state index is 1.25. The molecule has 0 aliphatic carbocycles. The van der Waals surface area contributed by atoms with Gasteiger partial charge in [-0.1, -0.05) is 109 Å². The molecule has 1 aromatic heterocycles. The van der Waals surface area contributed by atoms with Crippen LogP contribution in [-0.4, -0.2) is 0 Å². The first-order valence-corrected chi connectivity index (χ1v) is 13.5. The molecule has 7 aromatic carbocycles. The Bertz CT molecular complexity index is 2130. The minimum absolute atomic E-state index is 1.25. The second-order valence-corrected chi connectivity index (χ2v) is 10.8. The van der Waals surface area contributed by atoms with E-state index < -0.39 is 0 Å². The number of thiophene rings is 1. The summed E-state index contributed by atoms with van der Waals surface area (Å²) in [6.07, 6.45) is 0. The Labute approximate surface area is 219 Å². The number of fused-ring (bicyclic) bond motifs is 8. The SMILES string of the molecule is c1ccc(-c2cc3cc(-c4cccc5sc6ccccc6c45)c4ccccc4c3c3ccccc23)cc1. The average molecular weight is 487 g/mol. The molecule has 0 radical (unpaired) electrons. The average Bonchev–Trinajstić information content (AvgIpc) is 3.35. The van der Waals surface area contributed by atoms with E-state index in [1.165, 1.54) is 74.7 Å². The lowest BCUT2D eigenvalue weighted by Crippen LogP contribution is -1.89. The summed E-state index contributed by atoms with van der Waals surface area (Å²) in [4.78, 5) is 0. The molecule has 0 saturated heterocycles. The highest BCUT2D eigenvalue weighted by molar-refractivity contribution is 7.25. The molecule has 0 aliphatic rings. The smallest absolute Gasteiger partial charge is 0.0361 e. The Morgan fingerprint density at radius 3 is 1.68 bits per heavy atom. The number of hydrogen-bond acceptors (Lipinski definition) is 1. The highest BCUT2D eigenvalue weighted by Crippen LogP contribution is 2.45. The molecule has 0 saturated carbocycles. The molecule has 0 atom stereocenters. The first kappa shape index (κ1) is 20.7. The summed E-state index contributed by atoms with van der Waals surface area (Å²) in [6, 6.07) is 48.9. The van der Waals surface area contributed by atoms with E-state index in [1.807, 2.05) is 11.3 Å². The first-order valence-electron chi connectivity index (χ1n) is 12.7. The third kappa shape index (κ3) is 3.08. The highest BCUT2D eigenvalue weighted by atomic mass is 32.1. The summed E-state index contributed by atoms with van der Waals surface area (Å²) in [7, 11) is 0. The molecule has 0 unspecified atom stereocenters. The monoisotopic (exact) mass is 486 g/mol. The molecule has 0 fully saturated rings. The summed E-state index contributed by atoms with van der Waals surface area (Å²) in [5, 5.41) is 10.5. The molecule has 0 N–H and O–H groups in total. The Balaban J connectivity index is 1.56. The zero-order valence-electron chi connectivity index (χ0n) is 20.1. The standard InChI is InChI=1S/C36H22S/c1-2-11-23(12-3-1)31-21-24-22-32(29-18-10-20-34-36(29)30-17-8-9-19-33(30)37-34)26-14-5-7-16-28(26)35(24)27-15-6-4-13-25(27)31/h1-22H. The molecule has 8 rings (SSSR count). The van der Waals surface area contributed by atoms with Crippen LogP contribution in [0.1, 0.15) is 0 Å². The van der Waals surface area contributed by atoms with Gasteiger partial charge in [0.05, 0.1) is 0 Å². The predicted octanol–water partition coefficient (Wildman–Crippen LogP) is 10.8. The van der Waals surface area contributed by atoms with Gasteiger partial charge in [-0.05, 0) is 78.8 Å². The van der Waals surface area contributed by atoms with E-state index in [0.717, 1.165) is 0 Å². The van der Waals surface area contributed by atoms with Gasteiger partial charge in [-0.3, -0.25) is 0 Å². The molecule has 0 aliphatic heterocycles. The van der Waals surface area contributed by atoms with Crippen LogP contribution < -0.4 is 0 Å². The van der Waals surface area contributed by atoms with Gasteiger partial charge in [0.1, 0.15) is 0 Å². The van der Waals surface area contributed by atoms with Crippen LogP contribution in [0.4, 0.5) is 0 Å². The maximum Gasteiger partial charge on any atom is 0.0361 e. The van der Waals surface area contributed by atoms with E-state index >= 15 is 0 Å². The van der Waals surface area contributed by atoms with Gasteiger partial charge in [0.15, 0.2) is 0 Å². The summed E-state index contributed by atoms with van der Waals surface area (Å²) in [6.45, 7) is 0. The Morgan fingerprint density at radius 1 is 0.351 bits per heavy atom. The molecular formula is C36H22S. The fourth-order valence-electron chi connectivity index (χ4n) is 6.06. The van der Waals surface area contributed by atoms with Crippen molar-refractivity contribution in [2.24, 2.45) is 0 Å². The fourth-order valence-corrected chi connectivity index (χ4v) is 7.19. The Hall–Kier alpha value is -4.46.